The van der Waals surface area contributed by atoms with E-state index >= 15 is 0 Å². The molecular formula is C6Cl8O4. The number of cyclic esters (lactones) is 2. The number of alkyl halides is 8. The van der Waals surface area contributed by atoms with E-state index in [4.69, 9.17) is 92.8 Å². The Labute approximate surface area is 141 Å². The number of rotatable bonds is 0. The summed E-state index contributed by atoms with van der Waals surface area (Å²) in [6.45, 7) is 0. The maximum Gasteiger partial charge on any atom is 0.373 e. The Hall–Kier alpha value is 1.26. The van der Waals surface area contributed by atoms with Crippen LogP contribution in [0, 0.1) is 0 Å². The lowest BCUT2D eigenvalue weighted by molar-refractivity contribution is -0.204. The van der Waals surface area contributed by atoms with Crippen LogP contribution in [0.25, 0.3) is 0 Å². The smallest absolute Gasteiger partial charge is 0.373 e. The summed E-state index contributed by atoms with van der Waals surface area (Å²) in [6, 6.07) is 0. The lowest BCUT2D eigenvalue weighted by Gasteiger charge is -2.41. The van der Waals surface area contributed by atoms with E-state index < -0.39 is 29.6 Å². The highest BCUT2D eigenvalue weighted by Crippen LogP contribution is 2.53. The molecule has 12 heteroatoms. The average molecular weight is 420 g/mol. The molecule has 0 N–H and O–H groups in total. The second-order valence-electron chi connectivity index (χ2n) is 2.97. The Morgan fingerprint density at radius 2 is 0.944 bits per heavy atom. The molecule has 0 radical (unpaired) electrons. The van der Waals surface area contributed by atoms with E-state index in [1.165, 1.54) is 0 Å². The number of ether oxygens (including phenoxy) is 2. The summed E-state index contributed by atoms with van der Waals surface area (Å²) in [5.74, 6) is -2.99. The molecule has 0 spiro atoms. The maximum atomic E-state index is 11.6. The predicted octanol–water partition coefficient (Wildman–Crippen LogP) is 3.70. The molecule has 18 heavy (non-hydrogen) atoms. The number of hydrogen-bond donors (Lipinski definition) is 0. The van der Waals surface area contributed by atoms with Gasteiger partial charge in [0.2, 0.25) is 0 Å². The van der Waals surface area contributed by atoms with E-state index in [-0.39, 0.29) is 0 Å². The number of carbonyl (C=O) groups is 2. The van der Waals surface area contributed by atoms with Crippen LogP contribution in [0.4, 0.5) is 0 Å². The van der Waals surface area contributed by atoms with Gasteiger partial charge in [-0.25, -0.2) is 9.59 Å². The van der Waals surface area contributed by atoms with Gasteiger partial charge in [-0.15, -0.1) is 0 Å². The Kier molecular flexibility index (Phi) is 4.73. The van der Waals surface area contributed by atoms with E-state index in [2.05, 4.69) is 9.47 Å². The molecule has 1 fully saturated rings. The maximum absolute atomic E-state index is 11.6. The van der Waals surface area contributed by atoms with Crippen LogP contribution in [-0.2, 0) is 19.1 Å². The second-order valence-corrected chi connectivity index (χ2v) is 8.59. The first kappa shape index (κ1) is 17.3. The highest BCUT2D eigenvalue weighted by atomic mass is 35.6. The minimum atomic E-state index is -2.73. The molecule has 0 amide bonds. The summed E-state index contributed by atoms with van der Waals surface area (Å²) >= 11 is 43.5. The fourth-order valence-corrected chi connectivity index (χ4v) is 1.73. The highest BCUT2D eigenvalue weighted by Gasteiger charge is 2.71. The third-order valence-electron chi connectivity index (χ3n) is 1.72. The topological polar surface area (TPSA) is 52.6 Å². The lowest BCUT2D eigenvalue weighted by atomic mass is 10.3. The first-order valence-electron chi connectivity index (χ1n) is 3.74. The van der Waals surface area contributed by atoms with Crippen molar-refractivity contribution < 1.29 is 19.1 Å². The van der Waals surface area contributed by atoms with Crippen molar-refractivity contribution in [3.63, 3.8) is 0 Å². The first-order chi connectivity index (χ1) is 7.76. The summed E-state index contributed by atoms with van der Waals surface area (Å²) in [6.07, 6.45) is 0. The van der Waals surface area contributed by atoms with Gasteiger partial charge in [0.05, 0.1) is 0 Å². The molecule has 0 aromatic rings. The van der Waals surface area contributed by atoms with Crippen molar-refractivity contribution >= 4 is 105 Å². The van der Waals surface area contributed by atoms with Crippen molar-refractivity contribution in [1.29, 1.82) is 0 Å². The van der Waals surface area contributed by atoms with Crippen molar-refractivity contribution in [1.82, 2.24) is 0 Å². The molecule has 0 saturated carbocycles. The third-order valence-corrected chi connectivity index (χ3v) is 4.93. The van der Waals surface area contributed by atoms with Crippen LogP contribution in [0.2, 0.25) is 0 Å². The van der Waals surface area contributed by atoms with Crippen LogP contribution in [0.1, 0.15) is 0 Å². The molecule has 0 aromatic carbocycles. The van der Waals surface area contributed by atoms with Gasteiger partial charge in [0.15, 0.2) is 0 Å². The summed E-state index contributed by atoms with van der Waals surface area (Å²) in [4.78, 5) is 23.3. The van der Waals surface area contributed by atoms with Gasteiger partial charge in [-0.1, -0.05) is 92.8 Å². The molecule has 104 valence electrons. The zero-order chi connectivity index (χ0) is 14.6. The Morgan fingerprint density at radius 1 is 0.722 bits per heavy atom. The number of esters is 2. The average Bonchev–Trinajstić information content (AvgIpc) is 2.11. The molecule has 0 unspecified atom stereocenters. The van der Waals surface area contributed by atoms with Crippen LogP contribution in [0.3, 0.4) is 0 Å². The molecule has 1 saturated heterocycles. The molecular weight excluding hydrogens is 420 g/mol. The van der Waals surface area contributed by atoms with Gasteiger partial charge in [0.1, 0.15) is 0 Å². The van der Waals surface area contributed by atoms with Gasteiger partial charge in [-0.05, 0) is 0 Å². The summed E-state index contributed by atoms with van der Waals surface area (Å²) in [7, 11) is 0. The lowest BCUT2D eigenvalue weighted by Crippen LogP contribution is -2.64. The van der Waals surface area contributed by atoms with Crippen molar-refractivity contribution in [2.24, 2.45) is 0 Å². The van der Waals surface area contributed by atoms with E-state index in [9.17, 15) is 9.59 Å². The minimum absolute atomic E-state index is 1.50. The van der Waals surface area contributed by atoms with Gasteiger partial charge in [-0.3, -0.25) is 0 Å². The SMILES string of the molecule is O=C1O[C@@](Cl)(C(Cl)(Cl)Cl)C(=O)O[C@@]1(Cl)C(Cl)(Cl)Cl. The van der Waals surface area contributed by atoms with Crippen molar-refractivity contribution in [3.05, 3.63) is 0 Å². The zero-order valence-electron chi connectivity index (χ0n) is 7.66. The van der Waals surface area contributed by atoms with Crippen LogP contribution in [0.5, 0.6) is 0 Å². The first-order valence-corrected chi connectivity index (χ1v) is 6.76. The Bertz CT molecular complexity index is 361. The minimum Gasteiger partial charge on any atom is -0.423 e. The van der Waals surface area contributed by atoms with E-state index in [0.29, 0.717) is 0 Å². The number of halogens is 8. The molecule has 1 aliphatic heterocycles. The summed E-state index contributed by atoms with van der Waals surface area (Å²) in [5, 5.41) is -5.47. The molecule has 1 rings (SSSR count). The van der Waals surface area contributed by atoms with Crippen LogP contribution < -0.4 is 0 Å². The fourth-order valence-electron chi connectivity index (χ4n) is 0.817. The standard InChI is InChI=1S/C6Cl8O4/c7-3(5(9,10)11)1(15)17-4(8,2(16)18-3)6(12,13)14/t3-,4-/m1/s1. The molecule has 0 aromatic heterocycles. The summed E-state index contributed by atoms with van der Waals surface area (Å²) in [5.41, 5.74) is 0. The van der Waals surface area contributed by atoms with Gasteiger partial charge in [0, 0.05) is 0 Å². The summed E-state index contributed by atoms with van der Waals surface area (Å²) < 4.78 is 3.89. The van der Waals surface area contributed by atoms with Crippen LogP contribution in [-0.4, -0.2) is 29.6 Å². The quantitative estimate of drug-likeness (QED) is 0.444. The van der Waals surface area contributed by atoms with E-state index in [1.54, 1.807) is 0 Å². The monoisotopic (exact) mass is 416 g/mol. The zero-order valence-corrected chi connectivity index (χ0v) is 13.7. The molecule has 1 aliphatic rings. The highest BCUT2D eigenvalue weighted by molar-refractivity contribution is 6.74. The van der Waals surface area contributed by atoms with E-state index in [1.807, 2.05) is 0 Å². The Balaban J connectivity index is 3.20. The van der Waals surface area contributed by atoms with Gasteiger partial charge in [-0.2, -0.15) is 0 Å². The van der Waals surface area contributed by atoms with Crippen molar-refractivity contribution in [2.45, 2.75) is 17.7 Å². The predicted molar refractivity (Wildman–Crippen MR) is 69.9 cm³/mol. The molecule has 4 nitrogen and oxygen atoms in total. The van der Waals surface area contributed by atoms with Gasteiger partial charge >= 0.3 is 22.1 Å². The van der Waals surface area contributed by atoms with Crippen molar-refractivity contribution in [3.8, 4) is 0 Å². The largest absolute Gasteiger partial charge is 0.423 e. The normalized spacial score (nSPS) is 34.0. The number of hydrogen-bond acceptors (Lipinski definition) is 4. The van der Waals surface area contributed by atoms with Gasteiger partial charge < -0.3 is 9.47 Å². The molecule has 0 bridgehead atoms. The third kappa shape index (κ3) is 2.68. The van der Waals surface area contributed by atoms with E-state index in [0.717, 1.165) is 0 Å². The molecule has 0 aliphatic carbocycles. The van der Waals surface area contributed by atoms with Crippen molar-refractivity contribution in [2.75, 3.05) is 0 Å². The molecule has 1 heterocycles. The number of carbonyl (C=O) groups excluding carboxylic acids is 2. The van der Waals surface area contributed by atoms with Crippen LogP contribution >= 0.6 is 92.8 Å². The Morgan fingerprint density at radius 3 is 1.11 bits per heavy atom. The second kappa shape index (κ2) is 4.92. The molecule has 2 atom stereocenters. The fraction of sp³-hybridized carbons (Fsp3) is 0.667. The van der Waals surface area contributed by atoms with Crippen LogP contribution in [0.15, 0.2) is 0 Å². The van der Waals surface area contributed by atoms with Gasteiger partial charge in [0.25, 0.3) is 7.59 Å².